The van der Waals surface area contributed by atoms with E-state index in [1.165, 1.54) is 5.57 Å². The molecule has 0 aliphatic heterocycles. The van der Waals surface area contributed by atoms with Gasteiger partial charge in [0, 0.05) is 0 Å². The maximum atomic E-state index is 10.6. The van der Waals surface area contributed by atoms with E-state index in [0.29, 0.717) is 12.3 Å². The summed E-state index contributed by atoms with van der Waals surface area (Å²) in [6.07, 6.45) is 6.70. The molecule has 0 radical (unpaired) electrons. The fourth-order valence-electron chi connectivity index (χ4n) is 4.25. The molecule has 124 valence electrons. The highest BCUT2D eigenvalue weighted by molar-refractivity contribution is 5.24. The standard InChI is InChI=1S/C20H32O2/c1-13(2)16-10-11-20(5)12-19(22)15(4)7-9-18(21)14(3)6-8-17(16)20/h7,17-19,21-22H,3,6,8-12H2,1-2,4-5H3/b15-7-/t17-,18-,19-,20+/m1/s1. The second kappa shape index (κ2) is 6.72. The van der Waals surface area contributed by atoms with Crippen LogP contribution in [0, 0.1) is 11.3 Å². The molecule has 0 aromatic heterocycles. The number of hydrogen-bond donors (Lipinski definition) is 2. The minimum absolute atomic E-state index is 0.149. The quantitative estimate of drug-likeness (QED) is 0.645. The SMILES string of the molecule is C=C1CC[C@@H]2C(=C(C)C)CC[C@@]2(C)C[C@@H](O)/C(C)=C\C[C@H]1O. The molecule has 2 rings (SSSR count). The third-order valence-electron chi connectivity index (χ3n) is 5.94. The second-order valence-electron chi connectivity index (χ2n) is 7.85. The molecule has 0 aromatic carbocycles. The largest absolute Gasteiger partial charge is 0.389 e. The van der Waals surface area contributed by atoms with E-state index in [9.17, 15) is 10.2 Å². The lowest BCUT2D eigenvalue weighted by Gasteiger charge is -2.35. The van der Waals surface area contributed by atoms with Crippen molar-refractivity contribution in [2.24, 2.45) is 11.3 Å². The van der Waals surface area contributed by atoms with Crippen LogP contribution in [0.4, 0.5) is 0 Å². The molecule has 1 saturated carbocycles. The average Bonchev–Trinajstić information content (AvgIpc) is 2.77. The summed E-state index contributed by atoms with van der Waals surface area (Å²) in [5.74, 6) is 0.502. The molecular weight excluding hydrogens is 272 g/mol. The van der Waals surface area contributed by atoms with Gasteiger partial charge in [0.2, 0.25) is 0 Å². The number of rotatable bonds is 0. The van der Waals surface area contributed by atoms with E-state index in [4.69, 9.17) is 0 Å². The number of aliphatic hydroxyl groups is 2. The Balaban J connectivity index is 2.36. The summed E-state index contributed by atoms with van der Waals surface area (Å²) in [6.45, 7) is 12.8. The van der Waals surface area contributed by atoms with Crippen LogP contribution in [0.3, 0.4) is 0 Å². The Hall–Kier alpha value is -0.860. The van der Waals surface area contributed by atoms with Crippen LogP contribution >= 0.6 is 0 Å². The van der Waals surface area contributed by atoms with E-state index < -0.39 is 12.2 Å². The topological polar surface area (TPSA) is 40.5 Å². The first-order valence-electron chi connectivity index (χ1n) is 8.61. The molecule has 2 nitrogen and oxygen atoms in total. The first kappa shape index (κ1) is 17.5. The van der Waals surface area contributed by atoms with Gasteiger partial charge < -0.3 is 10.2 Å². The molecule has 0 saturated heterocycles. The zero-order chi connectivity index (χ0) is 16.5. The van der Waals surface area contributed by atoms with Gasteiger partial charge in [0.1, 0.15) is 0 Å². The van der Waals surface area contributed by atoms with Gasteiger partial charge in [-0.05, 0) is 81.8 Å². The average molecular weight is 304 g/mol. The minimum atomic E-state index is -0.483. The number of aliphatic hydroxyl groups excluding tert-OH is 2. The van der Waals surface area contributed by atoms with E-state index >= 15 is 0 Å². The third-order valence-corrected chi connectivity index (χ3v) is 5.94. The van der Waals surface area contributed by atoms with Gasteiger partial charge in [0.15, 0.2) is 0 Å². The van der Waals surface area contributed by atoms with Gasteiger partial charge in [-0.25, -0.2) is 0 Å². The highest BCUT2D eigenvalue weighted by Crippen LogP contribution is 2.53. The summed E-state index contributed by atoms with van der Waals surface area (Å²) >= 11 is 0. The van der Waals surface area contributed by atoms with Crippen LogP contribution in [-0.2, 0) is 0 Å². The molecule has 0 heterocycles. The molecule has 0 aromatic rings. The van der Waals surface area contributed by atoms with Crippen LogP contribution in [-0.4, -0.2) is 22.4 Å². The number of fused-ring (bicyclic) bond motifs is 1. The van der Waals surface area contributed by atoms with Crippen molar-refractivity contribution in [1.29, 1.82) is 0 Å². The molecule has 0 amide bonds. The summed E-state index contributed by atoms with van der Waals surface area (Å²) in [7, 11) is 0. The van der Waals surface area contributed by atoms with E-state index in [-0.39, 0.29) is 5.41 Å². The van der Waals surface area contributed by atoms with Crippen molar-refractivity contribution in [2.45, 2.75) is 78.4 Å². The van der Waals surface area contributed by atoms with Gasteiger partial charge in [0.05, 0.1) is 12.2 Å². The predicted molar refractivity (Wildman–Crippen MR) is 92.6 cm³/mol. The highest BCUT2D eigenvalue weighted by atomic mass is 16.3. The van der Waals surface area contributed by atoms with Gasteiger partial charge in [-0.15, -0.1) is 0 Å². The Labute approximate surface area is 135 Å². The lowest BCUT2D eigenvalue weighted by molar-refractivity contribution is 0.107. The second-order valence-corrected chi connectivity index (χ2v) is 7.85. The lowest BCUT2D eigenvalue weighted by Crippen LogP contribution is -2.29. The molecule has 0 spiro atoms. The zero-order valence-corrected chi connectivity index (χ0v) is 14.7. The van der Waals surface area contributed by atoms with Gasteiger partial charge in [-0.2, -0.15) is 0 Å². The first-order chi connectivity index (χ1) is 10.2. The van der Waals surface area contributed by atoms with Crippen LogP contribution in [0.1, 0.15) is 66.2 Å². The molecule has 0 unspecified atom stereocenters. The van der Waals surface area contributed by atoms with Crippen LogP contribution in [0.5, 0.6) is 0 Å². The highest BCUT2D eigenvalue weighted by Gasteiger charge is 2.43. The normalized spacial score (nSPS) is 39.7. The predicted octanol–water partition coefficient (Wildman–Crippen LogP) is 4.54. The Kier molecular flexibility index (Phi) is 5.34. The smallest absolute Gasteiger partial charge is 0.0782 e. The van der Waals surface area contributed by atoms with Crippen molar-refractivity contribution in [3.63, 3.8) is 0 Å². The van der Waals surface area contributed by atoms with Crippen molar-refractivity contribution in [2.75, 3.05) is 0 Å². The van der Waals surface area contributed by atoms with Crippen molar-refractivity contribution in [3.8, 4) is 0 Å². The van der Waals surface area contributed by atoms with Gasteiger partial charge in [-0.1, -0.05) is 30.7 Å². The molecule has 0 bridgehead atoms. The van der Waals surface area contributed by atoms with Crippen LogP contribution < -0.4 is 0 Å². The van der Waals surface area contributed by atoms with Crippen molar-refractivity contribution in [1.82, 2.24) is 0 Å². The summed E-state index contributed by atoms with van der Waals surface area (Å²) in [4.78, 5) is 0. The van der Waals surface area contributed by atoms with E-state index in [1.54, 1.807) is 5.57 Å². The zero-order valence-electron chi connectivity index (χ0n) is 14.7. The van der Waals surface area contributed by atoms with E-state index in [0.717, 1.165) is 43.3 Å². The molecule has 2 aliphatic rings. The summed E-state index contributed by atoms with van der Waals surface area (Å²) in [5, 5.41) is 20.8. The van der Waals surface area contributed by atoms with Gasteiger partial charge >= 0.3 is 0 Å². The monoisotopic (exact) mass is 304 g/mol. The first-order valence-corrected chi connectivity index (χ1v) is 8.61. The number of hydrogen-bond acceptors (Lipinski definition) is 2. The Bertz CT molecular complexity index is 496. The van der Waals surface area contributed by atoms with Crippen LogP contribution in [0.25, 0.3) is 0 Å². The molecule has 4 atom stereocenters. The molecule has 2 aliphatic carbocycles. The van der Waals surface area contributed by atoms with Crippen LogP contribution in [0.2, 0.25) is 0 Å². The van der Waals surface area contributed by atoms with E-state index in [2.05, 4.69) is 27.4 Å². The van der Waals surface area contributed by atoms with E-state index in [1.807, 2.05) is 13.0 Å². The molecular formula is C20H32O2. The third kappa shape index (κ3) is 3.55. The molecule has 22 heavy (non-hydrogen) atoms. The summed E-state index contributed by atoms with van der Waals surface area (Å²) < 4.78 is 0. The molecule has 1 fully saturated rings. The Morgan fingerprint density at radius 1 is 1.23 bits per heavy atom. The Morgan fingerprint density at radius 2 is 1.91 bits per heavy atom. The maximum absolute atomic E-state index is 10.6. The fraction of sp³-hybridized carbons (Fsp3) is 0.700. The molecule has 2 heteroatoms. The fourth-order valence-corrected chi connectivity index (χ4v) is 4.25. The van der Waals surface area contributed by atoms with Gasteiger partial charge in [-0.3, -0.25) is 0 Å². The van der Waals surface area contributed by atoms with Crippen molar-refractivity contribution < 1.29 is 10.2 Å². The molecule has 2 N–H and O–H groups in total. The number of allylic oxidation sites excluding steroid dienone is 2. The lowest BCUT2D eigenvalue weighted by atomic mass is 9.71. The van der Waals surface area contributed by atoms with Crippen LogP contribution in [0.15, 0.2) is 34.9 Å². The van der Waals surface area contributed by atoms with Crippen molar-refractivity contribution >= 4 is 0 Å². The minimum Gasteiger partial charge on any atom is -0.389 e. The van der Waals surface area contributed by atoms with Crippen molar-refractivity contribution in [3.05, 3.63) is 34.9 Å². The van der Waals surface area contributed by atoms with Gasteiger partial charge in [0.25, 0.3) is 0 Å². The summed E-state index contributed by atoms with van der Waals surface area (Å²) in [6, 6.07) is 0. The summed E-state index contributed by atoms with van der Waals surface area (Å²) in [5.41, 5.74) is 5.06. The maximum Gasteiger partial charge on any atom is 0.0782 e. The Morgan fingerprint density at radius 3 is 2.55 bits per heavy atom.